The maximum atomic E-state index is 11.7. The van der Waals surface area contributed by atoms with E-state index in [1.54, 1.807) is 0 Å². The molecule has 0 saturated heterocycles. The van der Waals surface area contributed by atoms with Crippen LogP contribution in [0, 0.1) is 52.3 Å². The van der Waals surface area contributed by atoms with Crippen LogP contribution in [0.1, 0.15) is 58.8 Å². The number of carbonyl (C=O) groups is 1. The zero-order chi connectivity index (χ0) is 15.5. The number of rotatable bonds is 2. The average Bonchev–Trinajstić information content (AvgIpc) is 3.25. The second-order valence-corrected chi connectivity index (χ2v) is 8.48. The maximum Gasteiger partial charge on any atom is 0.155 e. The Morgan fingerprint density at radius 2 is 2.09 bits per heavy atom. The SMILES string of the molecule is CCC1(C)C(C#N)CCC1C1CC2CCC(=O)C=C2C2CC21. The van der Waals surface area contributed by atoms with Gasteiger partial charge in [0.2, 0.25) is 0 Å². The van der Waals surface area contributed by atoms with Crippen LogP contribution in [-0.4, -0.2) is 5.78 Å². The Morgan fingerprint density at radius 3 is 2.82 bits per heavy atom. The van der Waals surface area contributed by atoms with E-state index in [4.69, 9.17) is 0 Å². The molecule has 2 nitrogen and oxygen atoms in total. The van der Waals surface area contributed by atoms with E-state index in [-0.39, 0.29) is 11.3 Å². The Labute approximate surface area is 134 Å². The van der Waals surface area contributed by atoms with Crippen molar-refractivity contribution in [1.29, 1.82) is 5.26 Å². The topological polar surface area (TPSA) is 40.9 Å². The largest absolute Gasteiger partial charge is 0.295 e. The number of hydrogen-bond donors (Lipinski definition) is 0. The van der Waals surface area contributed by atoms with Crippen LogP contribution in [-0.2, 0) is 4.79 Å². The quantitative estimate of drug-likeness (QED) is 0.752. The monoisotopic (exact) mass is 297 g/mol. The smallest absolute Gasteiger partial charge is 0.155 e. The molecule has 0 aromatic carbocycles. The molecule has 0 heterocycles. The molecule has 0 N–H and O–H groups in total. The van der Waals surface area contributed by atoms with E-state index in [0.29, 0.717) is 11.7 Å². The molecule has 0 spiro atoms. The van der Waals surface area contributed by atoms with Gasteiger partial charge < -0.3 is 0 Å². The predicted molar refractivity (Wildman–Crippen MR) is 85.7 cm³/mol. The first-order valence-electron chi connectivity index (χ1n) is 9.22. The third-order valence-electron chi connectivity index (χ3n) is 7.76. The summed E-state index contributed by atoms with van der Waals surface area (Å²) in [5.41, 5.74) is 1.73. The Bertz CT molecular complexity index is 571. The molecular weight excluding hydrogens is 270 g/mol. The molecule has 0 radical (unpaired) electrons. The minimum atomic E-state index is 0.220. The molecule has 3 saturated carbocycles. The van der Waals surface area contributed by atoms with E-state index in [0.717, 1.165) is 49.4 Å². The number of hydrogen-bond acceptors (Lipinski definition) is 2. The summed E-state index contributed by atoms with van der Waals surface area (Å²) in [6, 6.07) is 2.61. The molecule has 7 atom stereocenters. The number of ketones is 1. The Balaban J connectivity index is 1.60. The second kappa shape index (κ2) is 4.95. The number of fused-ring (bicyclic) bond motifs is 3. The molecule has 0 amide bonds. The van der Waals surface area contributed by atoms with Gasteiger partial charge in [0.1, 0.15) is 0 Å². The van der Waals surface area contributed by atoms with Gasteiger partial charge in [0.05, 0.1) is 12.0 Å². The van der Waals surface area contributed by atoms with Crippen molar-refractivity contribution in [2.24, 2.45) is 40.9 Å². The Morgan fingerprint density at radius 1 is 1.27 bits per heavy atom. The number of allylic oxidation sites excluding steroid dienone is 2. The molecule has 4 aliphatic carbocycles. The Kier molecular flexibility index (Phi) is 3.26. The van der Waals surface area contributed by atoms with E-state index in [9.17, 15) is 10.1 Å². The summed E-state index contributed by atoms with van der Waals surface area (Å²) >= 11 is 0. The predicted octanol–water partition coefficient (Wildman–Crippen LogP) is 4.51. The molecule has 2 heteroatoms. The van der Waals surface area contributed by atoms with Gasteiger partial charge in [-0.15, -0.1) is 0 Å². The summed E-state index contributed by atoms with van der Waals surface area (Å²) in [6.07, 6.45) is 9.94. The van der Waals surface area contributed by atoms with Crippen LogP contribution in [0.2, 0.25) is 0 Å². The lowest BCUT2D eigenvalue weighted by atomic mass is 9.61. The van der Waals surface area contributed by atoms with Crippen LogP contribution in [0.3, 0.4) is 0 Å². The minimum Gasteiger partial charge on any atom is -0.295 e. The zero-order valence-electron chi connectivity index (χ0n) is 13.8. The maximum absolute atomic E-state index is 11.7. The highest BCUT2D eigenvalue weighted by Crippen LogP contribution is 2.66. The van der Waals surface area contributed by atoms with E-state index < -0.39 is 0 Å². The summed E-state index contributed by atoms with van der Waals surface area (Å²) in [5.74, 6) is 4.37. The number of nitriles is 1. The minimum absolute atomic E-state index is 0.220. The third-order valence-corrected chi connectivity index (χ3v) is 7.76. The lowest BCUT2D eigenvalue weighted by molar-refractivity contribution is -0.115. The van der Waals surface area contributed by atoms with Crippen LogP contribution in [0.5, 0.6) is 0 Å². The van der Waals surface area contributed by atoms with Gasteiger partial charge in [-0.2, -0.15) is 5.26 Å². The van der Waals surface area contributed by atoms with Crippen molar-refractivity contribution in [3.63, 3.8) is 0 Å². The molecule has 4 aliphatic rings. The van der Waals surface area contributed by atoms with Gasteiger partial charge in [-0.1, -0.05) is 19.4 Å². The van der Waals surface area contributed by atoms with E-state index in [2.05, 4.69) is 19.9 Å². The summed E-state index contributed by atoms with van der Waals surface area (Å²) < 4.78 is 0. The normalized spacial score (nSPS) is 49.9. The highest BCUT2D eigenvalue weighted by Gasteiger charge is 2.58. The fourth-order valence-electron chi connectivity index (χ4n) is 6.25. The third kappa shape index (κ3) is 1.94. The lowest BCUT2D eigenvalue weighted by Crippen LogP contribution is -2.37. The molecule has 4 rings (SSSR count). The van der Waals surface area contributed by atoms with Gasteiger partial charge in [0.15, 0.2) is 5.78 Å². The van der Waals surface area contributed by atoms with Crippen LogP contribution in [0.15, 0.2) is 11.6 Å². The fraction of sp³-hybridized carbons (Fsp3) is 0.800. The van der Waals surface area contributed by atoms with Crippen molar-refractivity contribution in [1.82, 2.24) is 0 Å². The van der Waals surface area contributed by atoms with Crippen molar-refractivity contribution >= 4 is 5.78 Å². The van der Waals surface area contributed by atoms with Crippen molar-refractivity contribution < 1.29 is 4.79 Å². The van der Waals surface area contributed by atoms with E-state index >= 15 is 0 Å². The highest BCUT2D eigenvalue weighted by atomic mass is 16.1. The van der Waals surface area contributed by atoms with Gasteiger partial charge in [-0.3, -0.25) is 4.79 Å². The molecule has 7 unspecified atom stereocenters. The first-order valence-corrected chi connectivity index (χ1v) is 9.22. The summed E-state index contributed by atoms with van der Waals surface area (Å²) in [6.45, 7) is 4.66. The Hall–Kier alpha value is -1.10. The molecule has 0 aromatic heterocycles. The molecule has 0 aliphatic heterocycles. The van der Waals surface area contributed by atoms with Crippen molar-refractivity contribution in [2.75, 3.05) is 0 Å². The molecule has 22 heavy (non-hydrogen) atoms. The second-order valence-electron chi connectivity index (χ2n) is 8.48. The molecular formula is C20H27NO. The molecule has 0 bridgehead atoms. The molecule has 118 valence electrons. The molecule has 3 fully saturated rings. The van der Waals surface area contributed by atoms with Crippen molar-refractivity contribution in [3.05, 3.63) is 11.6 Å². The first kappa shape index (κ1) is 14.5. The van der Waals surface area contributed by atoms with Crippen molar-refractivity contribution in [2.45, 2.75) is 58.8 Å². The van der Waals surface area contributed by atoms with Crippen LogP contribution >= 0.6 is 0 Å². The summed E-state index contributed by atoms with van der Waals surface area (Å²) in [5, 5.41) is 9.55. The van der Waals surface area contributed by atoms with Gasteiger partial charge >= 0.3 is 0 Å². The van der Waals surface area contributed by atoms with Crippen LogP contribution in [0.25, 0.3) is 0 Å². The highest BCUT2D eigenvalue weighted by molar-refractivity contribution is 5.91. The van der Waals surface area contributed by atoms with Crippen LogP contribution < -0.4 is 0 Å². The van der Waals surface area contributed by atoms with E-state index in [1.807, 2.05) is 6.08 Å². The van der Waals surface area contributed by atoms with Crippen LogP contribution in [0.4, 0.5) is 0 Å². The lowest BCUT2D eigenvalue weighted by Gasteiger charge is -2.43. The summed E-state index contributed by atoms with van der Waals surface area (Å²) in [7, 11) is 0. The standard InChI is InChI=1S/C20H27NO/c1-3-20(2)13(11-21)5-7-19(20)18-8-12-4-6-14(22)9-15(12)16-10-17(16)18/h9,12-13,16-19H,3-8,10H2,1-2H3. The van der Waals surface area contributed by atoms with Crippen molar-refractivity contribution in [3.8, 4) is 6.07 Å². The molecule has 0 aromatic rings. The van der Waals surface area contributed by atoms with Gasteiger partial charge in [-0.25, -0.2) is 0 Å². The number of carbonyl (C=O) groups excluding carboxylic acids is 1. The summed E-state index contributed by atoms with van der Waals surface area (Å²) in [4.78, 5) is 11.7. The first-order chi connectivity index (χ1) is 10.6. The van der Waals surface area contributed by atoms with Gasteiger partial charge in [-0.05, 0) is 79.6 Å². The van der Waals surface area contributed by atoms with Gasteiger partial charge in [0.25, 0.3) is 0 Å². The fourth-order valence-corrected chi connectivity index (χ4v) is 6.25. The van der Waals surface area contributed by atoms with Gasteiger partial charge in [0, 0.05) is 6.42 Å². The zero-order valence-corrected chi connectivity index (χ0v) is 13.8. The average molecular weight is 297 g/mol. The van der Waals surface area contributed by atoms with E-state index in [1.165, 1.54) is 24.8 Å². The number of nitrogens with zero attached hydrogens (tertiary/aromatic N) is 1.